The third kappa shape index (κ3) is 4.14. The van der Waals surface area contributed by atoms with Gasteiger partial charge in [-0.05, 0) is 56.2 Å². The number of hydrogen-bond donors (Lipinski definition) is 0. The average Bonchev–Trinajstić information content (AvgIpc) is 2.64. The highest BCUT2D eigenvalue weighted by atomic mass is 32.2. The quantitative estimate of drug-likeness (QED) is 0.759. The number of rotatable bonds is 6. The van der Waals surface area contributed by atoms with Crippen LogP contribution in [-0.2, 0) is 10.0 Å². The zero-order chi connectivity index (χ0) is 20.4. The van der Waals surface area contributed by atoms with Gasteiger partial charge in [-0.15, -0.1) is 0 Å². The second-order valence-electron chi connectivity index (χ2n) is 6.49. The van der Waals surface area contributed by atoms with E-state index in [2.05, 4.69) is 0 Å². The number of amides is 1. The fourth-order valence-corrected chi connectivity index (χ4v) is 3.87. The average molecular weight is 391 g/mol. The van der Waals surface area contributed by atoms with Gasteiger partial charge in [-0.1, -0.05) is 12.1 Å². The molecule has 0 saturated heterocycles. The molecule has 0 spiro atoms. The van der Waals surface area contributed by atoms with Crippen LogP contribution in [0.2, 0.25) is 0 Å². The summed E-state index contributed by atoms with van der Waals surface area (Å²) >= 11 is 0. The maximum atomic E-state index is 13.2. The van der Waals surface area contributed by atoms with Crippen molar-refractivity contribution in [3.8, 4) is 5.75 Å². The van der Waals surface area contributed by atoms with Gasteiger partial charge in [-0.2, -0.15) is 0 Å². The van der Waals surface area contributed by atoms with Crippen LogP contribution in [0, 0.1) is 13.8 Å². The van der Waals surface area contributed by atoms with E-state index in [1.54, 1.807) is 11.0 Å². The summed E-state index contributed by atoms with van der Waals surface area (Å²) in [5.41, 5.74) is 3.13. The Morgan fingerprint density at radius 2 is 1.74 bits per heavy atom. The Labute approximate surface area is 161 Å². The van der Waals surface area contributed by atoms with E-state index in [4.69, 9.17) is 4.74 Å². The van der Waals surface area contributed by atoms with Gasteiger partial charge in [0.05, 0.1) is 7.11 Å². The maximum Gasteiger partial charge on any atom is 0.258 e. The molecule has 0 saturated carbocycles. The van der Waals surface area contributed by atoms with Crippen molar-refractivity contribution in [3.63, 3.8) is 0 Å². The number of carbonyl (C=O) groups is 1. The highest BCUT2D eigenvalue weighted by molar-refractivity contribution is 7.89. The number of aryl methyl sites for hydroxylation is 2. The van der Waals surface area contributed by atoms with Crippen LogP contribution in [0.25, 0.3) is 0 Å². The number of hydrogen-bond acceptors (Lipinski definition) is 4. The molecule has 0 fully saturated rings. The van der Waals surface area contributed by atoms with Crippen LogP contribution >= 0.6 is 0 Å². The zero-order valence-corrected chi connectivity index (χ0v) is 17.4. The van der Waals surface area contributed by atoms with Gasteiger partial charge in [0.2, 0.25) is 10.0 Å². The number of nitrogens with zero attached hydrogens (tertiary/aromatic N) is 2. The molecule has 0 aliphatic heterocycles. The second kappa shape index (κ2) is 8.10. The number of anilines is 1. The molecule has 0 aliphatic carbocycles. The summed E-state index contributed by atoms with van der Waals surface area (Å²) in [5, 5.41) is 0. The molecule has 0 aromatic heterocycles. The van der Waals surface area contributed by atoms with Gasteiger partial charge in [0, 0.05) is 31.9 Å². The summed E-state index contributed by atoms with van der Waals surface area (Å²) in [6.07, 6.45) is 0. The Bertz CT molecular complexity index is 952. The molecule has 0 unspecified atom stereocenters. The van der Waals surface area contributed by atoms with E-state index < -0.39 is 10.0 Å². The van der Waals surface area contributed by atoms with Crippen molar-refractivity contribution in [3.05, 3.63) is 53.1 Å². The third-order valence-corrected chi connectivity index (χ3v) is 6.22. The fourth-order valence-electron chi connectivity index (χ4n) is 2.80. The predicted molar refractivity (Wildman–Crippen MR) is 107 cm³/mol. The first-order chi connectivity index (χ1) is 12.6. The van der Waals surface area contributed by atoms with E-state index in [-0.39, 0.29) is 16.6 Å². The number of benzene rings is 2. The van der Waals surface area contributed by atoms with Gasteiger partial charge in [0.25, 0.3) is 5.91 Å². The molecule has 0 bridgehead atoms. The standard InChI is InChI=1S/C20H26N2O4S/c1-7-22(17-12-14(2)8-9-15(17)3)20(23)16-10-11-18(26-6)19(13-16)27(24,25)21(4)5/h8-13H,7H2,1-6H3. The van der Waals surface area contributed by atoms with Gasteiger partial charge in [-0.25, -0.2) is 12.7 Å². The molecule has 6 nitrogen and oxygen atoms in total. The molecule has 27 heavy (non-hydrogen) atoms. The molecule has 0 N–H and O–H groups in total. The molecule has 0 radical (unpaired) electrons. The van der Waals surface area contributed by atoms with Gasteiger partial charge in [0.1, 0.15) is 10.6 Å². The molecule has 0 atom stereocenters. The monoisotopic (exact) mass is 390 g/mol. The zero-order valence-electron chi connectivity index (χ0n) is 16.6. The van der Waals surface area contributed by atoms with Gasteiger partial charge in [-0.3, -0.25) is 4.79 Å². The topological polar surface area (TPSA) is 66.9 Å². The maximum absolute atomic E-state index is 13.2. The van der Waals surface area contributed by atoms with E-state index in [0.29, 0.717) is 12.1 Å². The highest BCUT2D eigenvalue weighted by Gasteiger charge is 2.26. The molecule has 1 amide bonds. The first kappa shape index (κ1) is 20.9. The van der Waals surface area contributed by atoms with E-state index in [0.717, 1.165) is 21.1 Å². The lowest BCUT2D eigenvalue weighted by Crippen LogP contribution is -2.31. The summed E-state index contributed by atoms with van der Waals surface area (Å²) in [5.74, 6) is -0.0564. The van der Waals surface area contributed by atoms with Crippen LogP contribution in [-0.4, -0.2) is 46.4 Å². The number of ether oxygens (including phenoxy) is 1. The van der Waals surface area contributed by atoms with Crippen molar-refractivity contribution in [2.45, 2.75) is 25.7 Å². The van der Waals surface area contributed by atoms with Gasteiger partial charge < -0.3 is 9.64 Å². The summed E-state index contributed by atoms with van der Waals surface area (Å²) in [6.45, 7) is 6.27. The van der Waals surface area contributed by atoms with Crippen LogP contribution in [0.3, 0.4) is 0 Å². The van der Waals surface area contributed by atoms with E-state index in [1.807, 2.05) is 39.0 Å². The van der Waals surface area contributed by atoms with Crippen LogP contribution in [0.5, 0.6) is 5.75 Å². The fraction of sp³-hybridized carbons (Fsp3) is 0.350. The van der Waals surface area contributed by atoms with E-state index in [9.17, 15) is 13.2 Å². The molecule has 2 aromatic rings. The first-order valence-corrected chi connectivity index (χ1v) is 10.1. The number of carbonyl (C=O) groups excluding carboxylic acids is 1. The normalized spacial score (nSPS) is 11.5. The van der Waals surface area contributed by atoms with Gasteiger partial charge in [0.15, 0.2) is 0 Å². The van der Waals surface area contributed by atoms with Crippen molar-refractivity contribution in [1.82, 2.24) is 4.31 Å². The second-order valence-corrected chi connectivity index (χ2v) is 8.61. The highest BCUT2D eigenvalue weighted by Crippen LogP contribution is 2.29. The number of methoxy groups -OCH3 is 1. The predicted octanol–water partition coefficient (Wildman–Crippen LogP) is 3.23. The van der Waals surface area contributed by atoms with Crippen LogP contribution in [0.1, 0.15) is 28.4 Å². The van der Waals surface area contributed by atoms with Crippen molar-refractivity contribution in [1.29, 1.82) is 0 Å². The Morgan fingerprint density at radius 3 is 2.30 bits per heavy atom. The lowest BCUT2D eigenvalue weighted by Gasteiger charge is -2.24. The SMILES string of the molecule is CCN(C(=O)c1ccc(OC)c(S(=O)(=O)N(C)C)c1)c1cc(C)ccc1C. The van der Waals surface area contributed by atoms with Crippen LogP contribution < -0.4 is 9.64 Å². The minimum atomic E-state index is -3.75. The minimum absolute atomic E-state index is 0.0298. The molecule has 0 aliphatic rings. The van der Waals surface area contributed by atoms with Crippen molar-refractivity contribution >= 4 is 21.6 Å². The smallest absolute Gasteiger partial charge is 0.258 e. The lowest BCUT2D eigenvalue weighted by molar-refractivity contribution is 0.0988. The Morgan fingerprint density at radius 1 is 1.07 bits per heavy atom. The molecule has 2 rings (SSSR count). The van der Waals surface area contributed by atoms with Crippen molar-refractivity contribution in [2.24, 2.45) is 0 Å². The lowest BCUT2D eigenvalue weighted by atomic mass is 10.1. The summed E-state index contributed by atoms with van der Waals surface area (Å²) < 4.78 is 31.5. The third-order valence-electron chi connectivity index (χ3n) is 4.39. The Balaban J connectivity index is 2.57. The molecular weight excluding hydrogens is 364 g/mol. The van der Waals surface area contributed by atoms with E-state index >= 15 is 0 Å². The summed E-state index contributed by atoms with van der Waals surface area (Å²) in [4.78, 5) is 14.8. The molecular formula is C20H26N2O4S. The van der Waals surface area contributed by atoms with Crippen molar-refractivity contribution < 1.29 is 17.9 Å². The summed E-state index contributed by atoms with van der Waals surface area (Å²) in [6, 6.07) is 10.4. The Hall–Kier alpha value is -2.38. The van der Waals surface area contributed by atoms with Gasteiger partial charge >= 0.3 is 0 Å². The largest absolute Gasteiger partial charge is 0.495 e. The van der Waals surface area contributed by atoms with Crippen LogP contribution in [0.15, 0.2) is 41.3 Å². The minimum Gasteiger partial charge on any atom is -0.495 e. The summed E-state index contributed by atoms with van der Waals surface area (Å²) in [7, 11) is 0.537. The number of sulfonamides is 1. The molecule has 2 aromatic carbocycles. The molecule has 0 heterocycles. The van der Waals surface area contributed by atoms with Crippen molar-refractivity contribution in [2.75, 3.05) is 32.6 Å². The molecule has 146 valence electrons. The first-order valence-electron chi connectivity index (χ1n) is 8.63. The van der Waals surface area contributed by atoms with E-state index in [1.165, 1.54) is 33.3 Å². The molecule has 7 heteroatoms. The Kier molecular flexibility index (Phi) is 6.28. The van der Waals surface area contributed by atoms with Crippen LogP contribution in [0.4, 0.5) is 5.69 Å².